The molecule has 0 atom stereocenters. The van der Waals surface area contributed by atoms with Crippen molar-refractivity contribution in [3.63, 3.8) is 0 Å². The van der Waals surface area contributed by atoms with E-state index in [1.54, 1.807) is 26.8 Å². The number of carbonyl (C=O) groups excluding carboxylic acids is 1. The van der Waals surface area contributed by atoms with E-state index >= 15 is 0 Å². The van der Waals surface area contributed by atoms with Gasteiger partial charge in [-0.3, -0.25) is 10.1 Å². The lowest BCUT2D eigenvalue weighted by Crippen LogP contribution is -2.74. The number of benzene rings is 1. The Morgan fingerprint density at radius 2 is 1.96 bits per heavy atom. The Morgan fingerprint density at radius 3 is 2.48 bits per heavy atom. The fourth-order valence-electron chi connectivity index (χ4n) is 2.53. The van der Waals surface area contributed by atoms with Crippen LogP contribution in [0.25, 0.3) is 0 Å². The molecule has 0 aliphatic carbocycles. The van der Waals surface area contributed by atoms with E-state index in [0.717, 1.165) is 0 Å². The third-order valence-corrected chi connectivity index (χ3v) is 3.87. The minimum Gasteiger partial charge on any atom is -0.508 e. The van der Waals surface area contributed by atoms with Crippen molar-refractivity contribution in [1.82, 2.24) is 10.2 Å². The summed E-state index contributed by atoms with van der Waals surface area (Å²) >= 11 is 0. The summed E-state index contributed by atoms with van der Waals surface area (Å²) in [6, 6.07) is 4.61. The number of phenols is 1. The lowest BCUT2D eigenvalue weighted by molar-refractivity contribution is -0.152. The summed E-state index contributed by atoms with van der Waals surface area (Å²) in [5.41, 5.74) is -1.16. The molecule has 0 bridgehead atoms. The number of amides is 1. The Bertz CT molecular complexity index is 662. The summed E-state index contributed by atoms with van der Waals surface area (Å²) in [7, 11) is 1.47. The highest BCUT2D eigenvalue weighted by Gasteiger charge is 2.52. The molecule has 2 rings (SSSR count). The van der Waals surface area contributed by atoms with Gasteiger partial charge in [0.2, 0.25) is 0 Å². The number of carboxylic acid groups (broad SMARTS) is 1. The standard InChI is InChI=1S/C17H24N2O6/c1-16(2,3)25-15(23)19-9-17(10-19,14(21)22)18-8-11-5-6-12(20)7-13(11)24-4/h5-7,18,20H,8-10H2,1-4H3,(H,21,22). The molecule has 138 valence electrons. The number of hydrogen-bond donors (Lipinski definition) is 3. The number of likely N-dealkylation sites (tertiary alicyclic amines) is 1. The van der Waals surface area contributed by atoms with Gasteiger partial charge in [-0.25, -0.2) is 4.79 Å². The molecule has 0 spiro atoms. The van der Waals surface area contributed by atoms with Crippen LogP contribution in [0.3, 0.4) is 0 Å². The molecule has 1 fully saturated rings. The van der Waals surface area contributed by atoms with Crippen molar-refractivity contribution in [3.8, 4) is 11.5 Å². The van der Waals surface area contributed by atoms with Crippen molar-refractivity contribution in [2.75, 3.05) is 20.2 Å². The van der Waals surface area contributed by atoms with E-state index in [0.29, 0.717) is 11.3 Å². The third-order valence-electron chi connectivity index (χ3n) is 3.87. The predicted molar refractivity (Wildman–Crippen MR) is 89.7 cm³/mol. The van der Waals surface area contributed by atoms with Gasteiger partial charge in [-0.1, -0.05) is 6.07 Å². The van der Waals surface area contributed by atoms with Crippen LogP contribution in [0.15, 0.2) is 18.2 Å². The van der Waals surface area contributed by atoms with Crippen LogP contribution in [0.2, 0.25) is 0 Å². The second kappa shape index (κ2) is 6.79. The van der Waals surface area contributed by atoms with E-state index in [2.05, 4.69) is 5.32 Å². The van der Waals surface area contributed by atoms with E-state index in [-0.39, 0.29) is 25.4 Å². The normalized spacial score (nSPS) is 16.1. The Hall–Kier alpha value is -2.48. The number of aromatic hydroxyl groups is 1. The van der Waals surface area contributed by atoms with Gasteiger partial charge in [-0.15, -0.1) is 0 Å². The number of hydrogen-bond acceptors (Lipinski definition) is 6. The fraction of sp³-hybridized carbons (Fsp3) is 0.529. The highest BCUT2D eigenvalue weighted by molar-refractivity contribution is 5.84. The molecular formula is C17H24N2O6. The van der Waals surface area contributed by atoms with E-state index in [1.807, 2.05) is 0 Å². The quantitative estimate of drug-likeness (QED) is 0.738. The highest BCUT2D eigenvalue weighted by Crippen LogP contribution is 2.27. The molecule has 1 aliphatic rings. The average molecular weight is 352 g/mol. The van der Waals surface area contributed by atoms with Gasteiger partial charge in [0.15, 0.2) is 5.54 Å². The van der Waals surface area contributed by atoms with Crippen molar-refractivity contribution in [2.24, 2.45) is 0 Å². The van der Waals surface area contributed by atoms with Crippen LogP contribution < -0.4 is 10.1 Å². The maximum atomic E-state index is 12.0. The van der Waals surface area contributed by atoms with Crippen LogP contribution in [-0.4, -0.2) is 58.5 Å². The first kappa shape index (κ1) is 18.9. The number of methoxy groups -OCH3 is 1. The average Bonchev–Trinajstić information content (AvgIpc) is 2.44. The molecule has 1 heterocycles. The number of rotatable bonds is 5. The summed E-state index contributed by atoms with van der Waals surface area (Å²) in [5.74, 6) is -0.519. The first-order valence-electron chi connectivity index (χ1n) is 7.88. The lowest BCUT2D eigenvalue weighted by atomic mass is 9.90. The van der Waals surface area contributed by atoms with E-state index in [4.69, 9.17) is 9.47 Å². The van der Waals surface area contributed by atoms with Gasteiger partial charge >= 0.3 is 12.1 Å². The molecule has 1 amide bonds. The molecular weight excluding hydrogens is 328 g/mol. The number of carbonyl (C=O) groups is 2. The molecule has 0 unspecified atom stereocenters. The van der Waals surface area contributed by atoms with Crippen LogP contribution in [-0.2, 0) is 16.1 Å². The molecule has 1 aromatic rings. The van der Waals surface area contributed by atoms with Crippen LogP contribution in [0.5, 0.6) is 11.5 Å². The van der Waals surface area contributed by atoms with Gasteiger partial charge in [0.1, 0.15) is 17.1 Å². The molecule has 1 aliphatic heterocycles. The van der Waals surface area contributed by atoms with Gasteiger partial charge in [-0.2, -0.15) is 0 Å². The first-order chi connectivity index (χ1) is 11.6. The Morgan fingerprint density at radius 1 is 1.32 bits per heavy atom. The third kappa shape index (κ3) is 4.33. The van der Waals surface area contributed by atoms with Crippen LogP contribution in [0.4, 0.5) is 4.79 Å². The number of nitrogens with zero attached hydrogens (tertiary/aromatic N) is 1. The zero-order chi connectivity index (χ0) is 18.8. The number of phenolic OH excluding ortho intramolecular Hbond substituents is 1. The lowest BCUT2D eigenvalue weighted by Gasteiger charge is -2.47. The van der Waals surface area contributed by atoms with Crippen LogP contribution in [0.1, 0.15) is 26.3 Å². The monoisotopic (exact) mass is 352 g/mol. The maximum Gasteiger partial charge on any atom is 0.410 e. The molecule has 1 saturated heterocycles. The van der Waals surface area contributed by atoms with Gasteiger partial charge in [0.05, 0.1) is 20.2 Å². The minimum atomic E-state index is -1.24. The van der Waals surface area contributed by atoms with Crippen LogP contribution in [0, 0.1) is 0 Å². The molecule has 0 radical (unpaired) electrons. The summed E-state index contributed by atoms with van der Waals surface area (Å²) in [4.78, 5) is 25.0. The zero-order valence-electron chi connectivity index (χ0n) is 14.8. The van der Waals surface area contributed by atoms with Gasteiger partial charge in [0.25, 0.3) is 0 Å². The maximum absolute atomic E-state index is 12.0. The zero-order valence-corrected chi connectivity index (χ0v) is 14.8. The molecule has 3 N–H and O–H groups in total. The largest absolute Gasteiger partial charge is 0.508 e. The van der Waals surface area contributed by atoms with Crippen molar-refractivity contribution in [3.05, 3.63) is 23.8 Å². The fourth-order valence-corrected chi connectivity index (χ4v) is 2.53. The highest BCUT2D eigenvalue weighted by atomic mass is 16.6. The number of carboxylic acids is 1. The predicted octanol–water partition coefficient (Wildman–Crippen LogP) is 1.56. The first-order valence-corrected chi connectivity index (χ1v) is 7.88. The summed E-state index contributed by atoms with van der Waals surface area (Å²) in [6.45, 7) is 5.51. The molecule has 8 nitrogen and oxygen atoms in total. The van der Waals surface area contributed by atoms with Crippen LogP contribution >= 0.6 is 0 Å². The SMILES string of the molecule is COc1cc(O)ccc1CNC1(C(=O)O)CN(C(=O)OC(C)(C)C)C1. The summed E-state index contributed by atoms with van der Waals surface area (Å²) in [5, 5.41) is 22.0. The summed E-state index contributed by atoms with van der Waals surface area (Å²) < 4.78 is 10.4. The van der Waals surface area contributed by atoms with Gasteiger partial charge in [-0.05, 0) is 26.8 Å². The number of nitrogens with one attached hydrogen (secondary N) is 1. The van der Waals surface area contributed by atoms with Crippen molar-refractivity contribution in [1.29, 1.82) is 0 Å². The second-order valence-corrected chi connectivity index (χ2v) is 7.07. The topological polar surface area (TPSA) is 108 Å². The van der Waals surface area contributed by atoms with Crippen molar-refractivity contribution < 1.29 is 29.3 Å². The second-order valence-electron chi connectivity index (χ2n) is 7.07. The number of aliphatic carboxylic acids is 1. The molecule has 0 saturated carbocycles. The van der Waals surface area contributed by atoms with Crippen molar-refractivity contribution in [2.45, 2.75) is 38.5 Å². The van der Waals surface area contributed by atoms with Crippen molar-refractivity contribution >= 4 is 12.1 Å². The minimum absolute atomic E-state index is 0.0116. The Balaban J connectivity index is 2.02. The van der Waals surface area contributed by atoms with E-state index in [9.17, 15) is 19.8 Å². The molecule has 8 heteroatoms. The number of ether oxygens (including phenoxy) is 2. The Labute approximate surface area is 146 Å². The van der Waals surface area contributed by atoms with E-state index in [1.165, 1.54) is 24.1 Å². The van der Waals surface area contributed by atoms with E-state index < -0.39 is 23.2 Å². The smallest absolute Gasteiger partial charge is 0.410 e. The van der Waals surface area contributed by atoms with Gasteiger partial charge in [0, 0.05) is 18.2 Å². The van der Waals surface area contributed by atoms with Gasteiger partial charge < -0.3 is 24.6 Å². The molecule has 1 aromatic carbocycles. The molecule has 0 aromatic heterocycles. The molecule has 25 heavy (non-hydrogen) atoms. The Kier molecular flexibility index (Phi) is 5.12. The summed E-state index contributed by atoms with van der Waals surface area (Å²) in [6.07, 6.45) is -0.534.